The van der Waals surface area contributed by atoms with E-state index in [1.54, 1.807) is 0 Å². The summed E-state index contributed by atoms with van der Waals surface area (Å²) in [5.74, 6) is 0.824. The lowest BCUT2D eigenvalue weighted by molar-refractivity contribution is 1.70. The molecule has 0 unspecified atom stereocenters. The lowest BCUT2D eigenvalue weighted by Crippen LogP contribution is -1.54. The first kappa shape index (κ1) is 6.83. The molecule has 0 saturated carbocycles. The van der Waals surface area contributed by atoms with Gasteiger partial charge in [-0.2, -0.15) is 12.6 Å². The maximum atomic E-state index is 3.97. The van der Waals surface area contributed by atoms with Gasteiger partial charge in [-0.1, -0.05) is 24.3 Å². The van der Waals surface area contributed by atoms with Crippen LogP contribution in [0.25, 0.3) is 0 Å². The van der Waals surface area contributed by atoms with E-state index in [9.17, 15) is 0 Å². The molecule has 0 aromatic heterocycles. The Morgan fingerprint density at radius 2 is 2.14 bits per heavy atom. The van der Waals surface area contributed by atoms with Crippen molar-refractivity contribution in [3.8, 4) is 0 Å². The molecule has 0 rings (SSSR count). The molecule has 7 heavy (non-hydrogen) atoms. The van der Waals surface area contributed by atoms with Crippen molar-refractivity contribution in [3.05, 3.63) is 24.3 Å². The topological polar surface area (TPSA) is 0 Å². The molecule has 0 aromatic carbocycles. The molecule has 40 valence electrons. The highest BCUT2D eigenvalue weighted by molar-refractivity contribution is 7.80. The number of thiol groups is 1. The number of allylic oxidation sites excluding steroid dienone is 3. The van der Waals surface area contributed by atoms with E-state index in [-0.39, 0.29) is 0 Å². The predicted octanol–water partition coefficient (Wildman–Crippen LogP) is 2.05. The second-order valence-electron chi connectivity index (χ2n) is 1.14. The smallest absolute Gasteiger partial charge is 0.00856 e. The van der Waals surface area contributed by atoms with Crippen LogP contribution in [0.15, 0.2) is 24.3 Å². The summed E-state index contributed by atoms with van der Waals surface area (Å²) in [6.07, 6.45) is 7.94. The second-order valence-corrected chi connectivity index (χ2v) is 1.50. The van der Waals surface area contributed by atoms with Crippen LogP contribution in [0.3, 0.4) is 0 Å². The van der Waals surface area contributed by atoms with Crippen molar-refractivity contribution < 1.29 is 0 Å². The molecule has 0 aliphatic carbocycles. The fourth-order valence-corrected chi connectivity index (χ4v) is 0.372. The van der Waals surface area contributed by atoms with Gasteiger partial charge < -0.3 is 0 Å². The molecule has 0 spiro atoms. The summed E-state index contributed by atoms with van der Waals surface area (Å²) in [7, 11) is 0. The van der Waals surface area contributed by atoms with Crippen molar-refractivity contribution in [2.75, 3.05) is 5.75 Å². The summed E-state index contributed by atoms with van der Waals surface area (Å²) in [5.41, 5.74) is 0. The van der Waals surface area contributed by atoms with Gasteiger partial charge in [-0.25, -0.2) is 0 Å². The van der Waals surface area contributed by atoms with E-state index in [4.69, 9.17) is 0 Å². The molecule has 0 aliphatic heterocycles. The fraction of sp³-hybridized carbons (Fsp3) is 0.333. The Bertz CT molecular complexity index is 72.2. The minimum atomic E-state index is 0.824. The van der Waals surface area contributed by atoms with Crippen molar-refractivity contribution in [3.63, 3.8) is 0 Å². The number of rotatable bonds is 2. The Kier molecular flexibility index (Phi) is 5.69. The van der Waals surface area contributed by atoms with E-state index in [0.29, 0.717) is 0 Å². The second kappa shape index (κ2) is 5.83. The molecule has 0 radical (unpaired) electrons. The van der Waals surface area contributed by atoms with Crippen LogP contribution in [0.1, 0.15) is 6.92 Å². The molecule has 0 amide bonds. The first-order chi connectivity index (χ1) is 3.41. The lowest BCUT2D eigenvalue weighted by atomic mass is 10.5. The third kappa shape index (κ3) is 5.83. The van der Waals surface area contributed by atoms with Crippen LogP contribution in [-0.2, 0) is 0 Å². The first-order valence-corrected chi connectivity index (χ1v) is 2.93. The van der Waals surface area contributed by atoms with E-state index in [0.717, 1.165) is 5.75 Å². The molecule has 0 N–H and O–H groups in total. The van der Waals surface area contributed by atoms with Crippen LogP contribution in [0, 0.1) is 0 Å². The van der Waals surface area contributed by atoms with Crippen molar-refractivity contribution >= 4 is 12.6 Å². The van der Waals surface area contributed by atoms with Gasteiger partial charge in [0.2, 0.25) is 0 Å². The standard InChI is InChI=1S/C6H10S/c1-2-3-4-5-6-7/h2-5,7H,6H2,1H3. The summed E-state index contributed by atoms with van der Waals surface area (Å²) < 4.78 is 0. The van der Waals surface area contributed by atoms with Gasteiger partial charge in [0, 0.05) is 5.75 Å². The van der Waals surface area contributed by atoms with Gasteiger partial charge in [0.05, 0.1) is 0 Å². The van der Waals surface area contributed by atoms with Crippen LogP contribution >= 0.6 is 12.6 Å². The monoisotopic (exact) mass is 114 g/mol. The van der Waals surface area contributed by atoms with Gasteiger partial charge in [-0.15, -0.1) is 0 Å². The van der Waals surface area contributed by atoms with Crippen molar-refractivity contribution in [1.29, 1.82) is 0 Å². The van der Waals surface area contributed by atoms with E-state index in [2.05, 4.69) is 12.6 Å². The SMILES string of the molecule is CC=CC=CCS. The van der Waals surface area contributed by atoms with E-state index < -0.39 is 0 Å². The normalized spacial score (nSPS) is 11.7. The summed E-state index contributed by atoms with van der Waals surface area (Å²) in [5, 5.41) is 0. The van der Waals surface area contributed by atoms with E-state index in [1.165, 1.54) is 0 Å². The zero-order valence-corrected chi connectivity index (χ0v) is 5.36. The maximum absolute atomic E-state index is 3.97. The van der Waals surface area contributed by atoms with Crippen molar-refractivity contribution in [2.24, 2.45) is 0 Å². The number of hydrogen-bond donors (Lipinski definition) is 1. The van der Waals surface area contributed by atoms with Gasteiger partial charge in [0.25, 0.3) is 0 Å². The fourth-order valence-electron chi connectivity index (χ4n) is 0.251. The Hall–Kier alpha value is -0.170. The highest BCUT2D eigenvalue weighted by Gasteiger charge is 1.58. The molecule has 1 heteroatoms. The van der Waals surface area contributed by atoms with Gasteiger partial charge >= 0.3 is 0 Å². The summed E-state index contributed by atoms with van der Waals surface area (Å²) in [6.45, 7) is 1.99. The molecule has 0 atom stereocenters. The summed E-state index contributed by atoms with van der Waals surface area (Å²) in [4.78, 5) is 0. The minimum absolute atomic E-state index is 0.824. The molecular formula is C6H10S. The molecule has 0 aromatic rings. The zero-order chi connectivity index (χ0) is 5.54. The Morgan fingerprint density at radius 3 is 2.57 bits per heavy atom. The van der Waals surface area contributed by atoms with Gasteiger partial charge in [-0.3, -0.25) is 0 Å². The quantitative estimate of drug-likeness (QED) is 0.412. The third-order valence-electron chi connectivity index (χ3n) is 0.545. The number of hydrogen-bond acceptors (Lipinski definition) is 1. The third-order valence-corrected chi connectivity index (χ3v) is 0.756. The van der Waals surface area contributed by atoms with Gasteiger partial charge in [-0.05, 0) is 6.92 Å². The van der Waals surface area contributed by atoms with Crippen LogP contribution in [-0.4, -0.2) is 5.75 Å². The Morgan fingerprint density at radius 1 is 1.43 bits per heavy atom. The molecule has 0 heterocycles. The highest BCUT2D eigenvalue weighted by atomic mass is 32.1. The predicted molar refractivity (Wildman–Crippen MR) is 37.8 cm³/mol. The molecule has 0 bridgehead atoms. The van der Waals surface area contributed by atoms with Crippen LogP contribution in [0.5, 0.6) is 0 Å². The van der Waals surface area contributed by atoms with Crippen molar-refractivity contribution in [1.82, 2.24) is 0 Å². The van der Waals surface area contributed by atoms with Crippen molar-refractivity contribution in [2.45, 2.75) is 6.92 Å². The van der Waals surface area contributed by atoms with Crippen LogP contribution < -0.4 is 0 Å². The molecule has 0 aliphatic rings. The average molecular weight is 114 g/mol. The lowest BCUT2D eigenvalue weighted by Gasteiger charge is -1.70. The average Bonchev–Trinajstić information content (AvgIpc) is 1.69. The molecule has 0 saturated heterocycles. The first-order valence-electron chi connectivity index (χ1n) is 2.30. The van der Waals surface area contributed by atoms with Crippen LogP contribution in [0.2, 0.25) is 0 Å². The zero-order valence-electron chi connectivity index (χ0n) is 4.46. The minimum Gasteiger partial charge on any atom is -0.175 e. The summed E-state index contributed by atoms with van der Waals surface area (Å²) in [6, 6.07) is 0. The van der Waals surface area contributed by atoms with Crippen LogP contribution in [0.4, 0.5) is 0 Å². The largest absolute Gasteiger partial charge is 0.175 e. The van der Waals surface area contributed by atoms with E-state index in [1.807, 2.05) is 31.2 Å². The maximum Gasteiger partial charge on any atom is 0.00856 e. The molecular weight excluding hydrogens is 104 g/mol. The highest BCUT2D eigenvalue weighted by Crippen LogP contribution is 1.77. The van der Waals surface area contributed by atoms with E-state index >= 15 is 0 Å². The summed E-state index contributed by atoms with van der Waals surface area (Å²) >= 11 is 3.97. The molecule has 0 fully saturated rings. The Balaban J connectivity index is 3.09. The van der Waals surface area contributed by atoms with Gasteiger partial charge in [0.15, 0.2) is 0 Å². The Labute approximate surface area is 50.3 Å². The molecule has 0 nitrogen and oxygen atoms in total. The van der Waals surface area contributed by atoms with Gasteiger partial charge in [0.1, 0.15) is 0 Å².